The van der Waals surface area contributed by atoms with Crippen molar-refractivity contribution in [2.45, 2.75) is 45.3 Å². The zero-order valence-electron chi connectivity index (χ0n) is 12.4. The van der Waals surface area contributed by atoms with E-state index in [0.29, 0.717) is 6.10 Å². The summed E-state index contributed by atoms with van der Waals surface area (Å²) in [5.41, 5.74) is 8.33. The number of hydrogen-bond donors (Lipinski definition) is 1. The second-order valence-electron chi connectivity index (χ2n) is 5.51. The first-order valence-electron chi connectivity index (χ1n) is 7.54. The van der Waals surface area contributed by atoms with E-state index < -0.39 is 0 Å². The highest BCUT2D eigenvalue weighted by Gasteiger charge is 2.20. The van der Waals surface area contributed by atoms with Crippen molar-refractivity contribution in [3.63, 3.8) is 0 Å². The Labute approximate surface area is 127 Å². The minimum Gasteiger partial charge on any atom is -0.375 e. The fourth-order valence-electron chi connectivity index (χ4n) is 2.57. The summed E-state index contributed by atoms with van der Waals surface area (Å²) in [6, 6.07) is 6.54. The molecule has 0 radical (unpaired) electrons. The SMILES string of the molecule is CCC(N)Cc1ccc(N2CCOC(CC)C2)c(Cl)c1. The number of nitrogens with zero attached hydrogens (tertiary/aromatic N) is 1. The van der Waals surface area contributed by atoms with Crippen molar-refractivity contribution in [3.8, 4) is 0 Å². The van der Waals surface area contributed by atoms with Crippen LogP contribution in [0.3, 0.4) is 0 Å². The number of morpholine rings is 1. The molecule has 20 heavy (non-hydrogen) atoms. The van der Waals surface area contributed by atoms with Crippen molar-refractivity contribution in [1.29, 1.82) is 0 Å². The third-order valence-corrected chi connectivity index (χ3v) is 4.27. The molecule has 0 saturated carbocycles. The molecule has 3 nitrogen and oxygen atoms in total. The van der Waals surface area contributed by atoms with Gasteiger partial charge >= 0.3 is 0 Å². The molecule has 112 valence electrons. The normalized spacial score (nSPS) is 21.0. The Morgan fingerprint density at radius 1 is 1.45 bits per heavy atom. The average molecular weight is 297 g/mol. The third kappa shape index (κ3) is 3.87. The number of ether oxygens (including phenoxy) is 1. The minimum absolute atomic E-state index is 0.213. The highest BCUT2D eigenvalue weighted by Crippen LogP contribution is 2.29. The summed E-state index contributed by atoms with van der Waals surface area (Å²) in [5.74, 6) is 0. The van der Waals surface area contributed by atoms with Crippen LogP contribution in [-0.2, 0) is 11.2 Å². The lowest BCUT2D eigenvalue weighted by Crippen LogP contribution is -2.42. The molecule has 2 unspecified atom stereocenters. The molecular weight excluding hydrogens is 272 g/mol. The van der Waals surface area contributed by atoms with Crippen LogP contribution in [0.1, 0.15) is 32.3 Å². The first-order chi connectivity index (χ1) is 9.63. The Bertz CT molecular complexity index is 438. The van der Waals surface area contributed by atoms with E-state index in [9.17, 15) is 0 Å². The number of nitrogens with two attached hydrogens (primary N) is 1. The van der Waals surface area contributed by atoms with Gasteiger partial charge in [0.05, 0.1) is 23.4 Å². The molecule has 0 bridgehead atoms. The summed E-state index contributed by atoms with van der Waals surface area (Å²) in [6.07, 6.45) is 3.23. The summed E-state index contributed by atoms with van der Waals surface area (Å²) >= 11 is 6.46. The smallest absolute Gasteiger partial charge is 0.0748 e. The Morgan fingerprint density at radius 2 is 2.25 bits per heavy atom. The lowest BCUT2D eigenvalue weighted by Gasteiger charge is -2.34. The fraction of sp³-hybridized carbons (Fsp3) is 0.625. The van der Waals surface area contributed by atoms with Gasteiger partial charge in [0.25, 0.3) is 0 Å². The van der Waals surface area contributed by atoms with Crippen molar-refractivity contribution in [1.82, 2.24) is 0 Å². The van der Waals surface area contributed by atoms with E-state index in [-0.39, 0.29) is 6.04 Å². The summed E-state index contributed by atoms with van der Waals surface area (Å²) in [4.78, 5) is 2.32. The fourth-order valence-corrected chi connectivity index (χ4v) is 2.89. The molecular formula is C16H25ClN2O. The van der Waals surface area contributed by atoms with Gasteiger partial charge in [0, 0.05) is 19.1 Å². The first-order valence-corrected chi connectivity index (χ1v) is 7.92. The van der Waals surface area contributed by atoms with Gasteiger partial charge in [0.15, 0.2) is 0 Å². The van der Waals surface area contributed by atoms with Crippen LogP contribution in [-0.4, -0.2) is 31.8 Å². The average Bonchev–Trinajstić information content (AvgIpc) is 2.47. The summed E-state index contributed by atoms with van der Waals surface area (Å²) < 4.78 is 5.71. The van der Waals surface area contributed by atoms with Gasteiger partial charge in [-0.15, -0.1) is 0 Å². The molecule has 2 atom stereocenters. The highest BCUT2D eigenvalue weighted by molar-refractivity contribution is 6.33. The van der Waals surface area contributed by atoms with Gasteiger partial charge in [0.2, 0.25) is 0 Å². The topological polar surface area (TPSA) is 38.5 Å². The molecule has 1 saturated heterocycles. The summed E-state index contributed by atoms with van der Waals surface area (Å²) in [5, 5.41) is 0.822. The van der Waals surface area contributed by atoms with Crippen LogP contribution in [0.15, 0.2) is 18.2 Å². The van der Waals surface area contributed by atoms with Gasteiger partial charge in [0.1, 0.15) is 0 Å². The molecule has 1 aromatic carbocycles. The zero-order valence-corrected chi connectivity index (χ0v) is 13.2. The maximum Gasteiger partial charge on any atom is 0.0748 e. The number of hydrogen-bond acceptors (Lipinski definition) is 3. The molecule has 1 fully saturated rings. The highest BCUT2D eigenvalue weighted by atomic mass is 35.5. The van der Waals surface area contributed by atoms with Crippen LogP contribution in [0.4, 0.5) is 5.69 Å². The number of rotatable bonds is 5. The van der Waals surface area contributed by atoms with Gasteiger partial charge in [-0.3, -0.25) is 0 Å². The van der Waals surface area contributed by atoms with Crippen molar-refractivity contribution in [2.75, 3.05) is 24.6 Å². The predicted molar refractivity (Wildman–Crippen MR) is 85.7 cm³/mol. The molecule has 0 spiro atoms. The molecule has 1 aliphatic heterocycles. The Kier molecular flexibility index (Phi) is 5.70. The quantitative estimate of drug-likeness (QED) is 0.906. The van der Waals surface area contributed by atoms with E-state index in [4.69, 9.17) is 22.1 Å². The molecule has 1 heterocycles. The summed E-state index contributed by atoms with van der Waals surface area (Å²) in [6.45, 7) is 6.87. The standard InChI is InChI=1S/C16H25ClN2O/c1-3-13(18)9-12-5-6-16(15(17)10-12)19-7-8-20-14(4-2)11-19/h5-6,10,13-14H,3-4,7-9,11,18H2,1-2H3. The lowest BCUT2D eigenvalue weighted by atomic mass is 10.0. The third-order valence-electron chi connectivity index (χ3n) is 3.97. The molecule has 4 heteroatoms. The zero-order chi connectivity index (χ0) is 14.5. The Balaban J connectivity index is 2.09. The number of benzene rings is 1. The lowest BCUT2D eigenvalue weighted by molar-refractivity contribution is 0.0384. The Morgan fingerprint density at radius 3 is 2.90 bits per heavy atom. The largest absolute Gasteiger partial charge is 0.375 e. The van der Waals surface area contributed by atoms with E-state index >= 15 is 0 Å². The van der Waals surface area contributed by atoms with Gasteiger partial charge in [-0.25, -0.2) is 0 Å². The van der Waals surface area contributed by atoms with E-state index in [1.165, 1.54) is 5.56 Å². The molecule has 0 aliphatic carbocycles. The Hall–Kier alpha value is -0.770. The second-order valence-corrected chi connectivity index (χ2v) is 5.91. The second kappa shape index (κ2) is 7.30. The molecule has 2 N–H and O–H groups in total. The van der Waals surface area contributed by atoms with Crippen LogP contribution in [0.25, 0.3) is 0 Å². The maximum atomic E-state index is 6.46. The van der Waals surface area contributed by atoms with Gasteiger partial charge in [-0.05, 0) is 37.0 Å². The van der Waals surface area contributed by atoms with E-state index in [1.54, 1.807) is 0 Å². The van der Waals surface area contributed by atoms with Crippen LogP contribution in [0, 0.1) is 0 Å². The van der Waals surface area contributed by atoms with E-state index in [0.717, 1.165) is 49.7 Å². The van der Waals surface area contributed by atoms with Gasteiger partial charge in [-0.2, -0.15) is 0 Å². The van der Waals surface area contributed by atoms with Gasteiger partial charge in [-0.1, -0.05) is 31.5 Å². The molecule has 1 aliphatic rings. The van der Waals surface area contributed by atoms with E-state index in [2.05, 4.69) is 36.9 Å². The van der Waals surface area contributed by atoms with E-state index in [1.807, 2.05) is 0 Å². The maximum absolute atomic E-state index is 6.46. The van der Waals surface area contributed by atoms with Gasteiger partial charge < -0.3 is 15.4 Å². The minimum atomic E-state index is 0.213. The monoisotopic (exact) mass is 296 g/mol. The van der Waals surface area contributed by atoms with Crippen LogP contribution < -0.4 is 10.6 Å². The van der Waals surface area contributed by atoms with Crippen LogP contribution >= 0.6 is 11.6 Å². The number of anilines is 1. The predicted octanol–water partition coefficient (Wildman–Crippen LogP) is 3.24. The first kappa shape index (κ1) is 15.6. The number of halogens is 1. The summed E-state index contributed by atoms with van der Waals surface area (Å²) in [7, 11) is 0. The molecule has 0 aromatic heterocycles. The van der Waals surface area contributed by atoms with Crippen molar-refractivity contribution >= 4 is 17.3 Å². The van der Waals surface area contributed by atoms with Crippen LogP contribution in [0.5, 0.6) is 0 Å². The van der Waals surface area contributed by atoms with Crippen molar-refractivity contribution in [2.24, 2.45) is 5.73 Å². The van der Waals surface area contributed by atoms with Crippen LogP contribution in [0.2, 0.25) is 5.02 Å². The van der Waals surface area contributed by atoms with Crippen molar-refractivity contribution < 1.29 is 4.74 Å². The van der Waals surface area contributed by atoms with Crippen molar-refractivity contribution in [3.05, 3.63) is 28.8 Å². The molecule has 1 aromatic rings. The molecule has 0 amide bonds. The molecule has 2 rings (SSSR count).